The van der Waals surface area contributed by atoms with Gasteiger partial charge in [0.05, 0.1) is 16.8 Å². The molecule has 6 heteroatoms. The summed E-state index contributed by atoms with van der Waals surface area (Å²) in [6.07, 6.45) is -4.50. The van der Waals surface area contributed by atoms with Crippen LogP contribution in [-0.2, 0) is 6.18 Å². The molecule has 1 unspecified atom stereocenters. The van der Waals surface area contributed by atoms with E-state index in [1.807, 2.05) is 20.8 Å². The second kappa shape index (κ2) is 6.37. The van der Waals surface area contributed by atoms with Gasteiger partial charge in [-0.3, -0.25) is 4.79 Å². The van der Waals surface area contributed by atoms with Gasteiger partial charge in [0.1, 0.15) is 0 Å². The van der Waals surface area contributed by atoms with Crippen LogP contribution >= 0.6 is 0 Å². The van der Waals surface area contributed by atoms with Gasteiger partial charge in [-0.05, 0) is 25.0 Å². The largest absolute Gasteiger partial charge is 0.418 e. The van der Waals surface area contributed by atoms with E-state index in [1.54, 1.807) is 7.05 Å². The molecule has 1 aromatic rings. The van der Waals surface area contributed by atoms with Crippen molar-refractivity contribution in [3.63, 3.8) is 0 Å². The Morgan fingerprint density at radius 2 is 1.81 bits per heavy atom. The van der Waals surface area contributed by atoms with Crippen LogP contribution in [0.25, 0.3) is 0 Å². The number of anilines is 1. The second-order valence-electron chi connectivity index (χ2n) is 5.38. The molecule has 118 valence electrons. The highest BCUT2D eigenvalue weighted by molar-refractivity contribution is 6.00. The van der Waals surface area contributed by atoms with Gasteiger partial charge in [-0.2, -0.15) is 13.2 Å². The monoisotopic (exact) mass is 302 g/mol. The highest BCUT2D eigenvalue weighted by atomic mass is 19.4. The Kier molecular flexibility index (Phi) is 5.25. The number of hydrogen-bond acceptors (Lipinski definition) is 2. The summed E-state index contributed by atoms with van der Waals surface area (Å²) in [6.45, 7) is 5.79. The van der Waals surface area contributed by atoms with E-state index in [-0.39, 0.29) is 23.2 Å². The van der Waals surface area contributed by atoms with Gasteiger partial charge in [-0.1, -0.05) is 19.9 Å². The average molecular weight is 302 g/mol. The fraction of sp³-hybridized carbons (Fsp3) is 0.533. The minimum absolute atomic E-state index is 0.0299. The summed E-state index contributed by atoms with van der Waals surface area (Å²) in [6, 6.07) is 3.56. The number of para-hydroxylation sites is 1. The Morgan fingerprint density at radius 1 is 1.24 bits per heavy atom. The quantitative estimate of drug-likeness (QED) is 0.916. The third-order valence-corrected chi connectivity index (χ3v) is 3.75. The zero-order valence-electron chi connectivity index (χ0n) is 12.9. The first-order chi connectivity index (χ1) is 9.61. The molecule has 1 atom stereocenters. The van der Waals surface area contributed by atoms with Gasteiger partial charge in [0.25, 0.3) is 5.91 Å². The van der Waals surface area contributed by atoms with E-state index >= 15 is 0 Å². The summed E-state index contributed by atoms with van der Waals surface area (Å²) >= 11 is 0. The number of nitrogens with one attached hydrogen (secondary N) is 1. The molecule has 3 nitrogen and oxygen atoms in total. The Hall–Kier alpha value is -1.72. The van der Waals surface area contributed by atoms with E-state index in [1.165, 1.54) is 24.1 Å². The first-order valence-electron chi connectivity index (χ1n) is 6.76. The van der Waals surface area contributed by atoms with Crippen molar-refractivity contribution in [2.45, 2.75) is 33.0 Å². The summed E-state index contributed by atoms with van der Waals surface area (Å²) < 4.78 is 39.0. The lowest BCUT2D eigenvalue weighted by atomic mass is 10.0. The second-order valence-corrected chi connectivity index (χ2v) is 5.38. The zero-order valence-corrected chi connectivity index (χ0v) is 12.9. The zero-order chi connectivity index (χ0) is 16.4. The van der Waals surface area contributed by atoms with Gasteiger partial charge in [0.15, 0.2) is 0 Å². The van der Waals surface area contributed by atoms with Crippen molar-refractivity contribution in [3.05, 3.63) is 29.3 Å². The van der Waals surface area contributed by atoms with Crippen LogP contribution in [0.15, 0.2) is 18.2 Å². The number of nitrogens with zero attached hydrogens (tertiary/aromatic N) is 1. The maximum atomic E-state index is 13.0. The van der Waals surface area contributed by atoms with E-state index in [9.17, 15) is 18.0 Å². The van der Waals surface area contributed by atoms with Gasteiger partial charge in [0, 0.05) is 20.1 Å². The molecular formula is C15H21F3N2O. The topological polar surface area (TPSA) is 32.3 Å². The van der Waals surface area contributed by atoms with E-state index < -0.39 is 17.6 Å². The van der Waals surface area contributed by atoms with E-state index in [0.29, 0.717) is 0 Å². The van der Waals surface area contributed by atoms with Gasteiger partial charge in [0.2, 0.25) is 0 Å². The molecule has 0 saturated heterocycles. The minimum Gasteiger partial charge on any atom is -0.387 e. The van der Waals surface area contributed by atoms with E-state index in [2.05, 4.69) is 5.32 Å². The normalized spacial score (nSPS) is 13.2. The van der Waals surface area contributed by atoms with Crippen LogP contribution in [0.5, 0.6) is 0 Å². The molecule has 0 spiro atoms. The van der Waals surface area contributed by atoms with Crippen molar-refractivity contribution in [1.82, 2.24) is 4.90 Å². The number of amides is 1. The molecule has 0 bridgehead atoms. The highest BCUT2D eigenvalue weighted by Gasteiger charge is 2.35. The lowest BCUT2D eigenvalue weighted by Gasteiger charge is -2.29. The molecule has 0 heterocycles. The molecule has 0 radical (unpaired) electrons. The molecule has 1 aromatic carbocycles. The third kappa shape index (κ3) is 3.68. The van der Waals surface area contributed by atoms with Crippen molar-refractivity contribution in [3.8, 4) is 0 Å². The predicted octanol–water partition coefficient (Wildman–Crippen LogP) is 3.86. The summed E-state index contributed by atoms with van der Waals surface area (Å²) in [5, 5.41) is 2.51. The Labute approximate surface area is 123 Å². The van der Waals surface area contributed by atoms with Crippen molar-refractivity contribution in [2.24, 2.45) is 5.92 Å². The SMILES string of the molecule is CNc1c(C(=O)N(C)C(C)C(C)C)cccc1C(F)(F)F. The summed E-state index contributed by atoms with van der Waals surface area (Å²) in [7, 11) is 2.99. The molecule has 0 aliphatic rings. The molecule has 0 aromatic heterocycles. The summed E-state index contributed by atoms with van der Waals surface area (Å²) in [5.41, 5.74) is -0.985. The van der Waals surface area contributed by atoms with Crippen LogP contribution in [0.4, 0.5) is 18.9 Å². The van der Waals surface area contributed by atoms with Crippen LogP contribution in [0.2, 0.25) is 0 Å². The maximum Gasteiger partial charge on any atom is 0.418 e. The fourth-order valence-electron chi connectivity index (χ4n) is 2.06. The Bertz CT molecular complexity index is 512. The number of hydrogen-bond donors (Lipinski definition) is 1. The first-order valence-corrected chi connectivity index (χ1v) is 6.76. The number of halogens is 3. The van der Waals surface area contributed by atoms with Crippen molar-refractivity contribution in [2.75, 3.05) is 19.4 Å². The van der Waals surface area contributed by atoms with E-state index in [0.717, 1.165) is 6.07 Å². The Balaban J connectivity index is 3.28. The highest BCUT2D eigenvalue weighted by Crippen LogP contribution is 2.36. The third-order valence-electron chi connectivity index (χ3n) is 3.75. The smallest absolute Gasteiger partial charge is 0.387 e. The Morgan fingerprint density at radius 3 is 2.24 bits per heavy atom. The number of carbonyl (C=O) groups excluding carboxylic acids is 1. The molecule has 0 aliphatic heterocycles. The molecule has 21 heavy (non-hydrogen) atoms. The van der Waals surface area contributed by atoms with Crippen LogP contribution in [0, 0.1) is 5.92 Å². The van der Waals surface area contributed by atoms with Crippen LogP contribution < -0.4 is 5.32 Å². The number of carbonyl (C=O) groups is 1. The van der Waals surface area contributed by atoms with Crippen molar-refractivity contribution in [1.29, 1.82) is 0 Å². The molecule has 0 saturated carbocycles. The molecule has 0 aliphatic carbocycles. The van der Waals surface area contributed by atoms with Gasteiger partial charge < -0.3 is 10.2 Å². The number of benzene rings is 1. The van der Waals surface area contributed by atoms with Crippen molar-refractivity contribution >= 4 is 11.6 Å². The lowest BCUT2D eigenvalue weighted by Crippen LogP contribution is -2.38. The van der Waals surface area contributed by atoms with Crippen LogP contribution in [0.3, 0.4) is 0 Å². The van der Waals surface area contributed by atoms with Crippen LogP contribution in [0.1, 0.15) is 36.7 Å². The summed E-state index contributed by atoms with van der Waals surface area (Å²) in [4.78, 5) is 13.9. The minimum atomic E-state index is -4.50. The molecule has 1 amide bonds. The van der Waals surface area contributed by atoms with Gasteiger partial charge >= 0.3 is 6.18 Å². The van der Waals surface area contributed by atoms with Crippen molar-refractivity contribution < 1.29 is 18.0 Å². The molecular weight excluding hydrogens is 281 g/mol. The average Bonchev–Trinajstić information content (AvgIpc) is 2.42. The number of rotatable bonds is 4. The van der Waals surface area contributed by atoms with Gasteiger partial charge in [-0.15, -0.1) is 0 Å². The summed E-state index contributed by atoms with van der Waals surface area (Å²) in [5.74, 6) is -0.213. The standard InChI is InChI=1S/C15H21F3N2O/c1-9(2)10(3)20(5)14(21)11-7-6-8-12(13(11)19-4)15(16,17)18/h6-10,19H,1-5H3. The fourth-order valence-corrected chi connectivity index (χ4v) is 2.06. The molecule has 1 N–H and O–H groups in total. The first kappa shape index (κ1) is 17.3. The van der Waals surface area contributed by atoms with Gasteiger partial charge in [-0.25, -0.2) is 0 Å². The lowest BCUT2D eigenvalue weighted by molar-refractivity contribution is -0.136. The van der Waals surface area contributed by atoms with Crippen LogP contribution in [-0.4, -0.2) is 30.9 Å². The maximum absolute atomic E-state index is 13.0. The predicted molar refractivity (Wildman–Crippen MR) is 77.4 cm³/mol. The molecule has 0 fully saturated rings. The number of alkyl halides is 3. The molecule has 1 rings (SSSR count). The van der Waals surface area contributed by atoms with E-state index in [4.69, 9.17) is 0 Å².